The van der Waals surface area contributed by atoms with E-state index in [4.69, 9.17) is 5.73 Å². The number of rotatable bonds is 4. The van der Waals surface area contributed by atoms with Crippen molar-refractivity contribution in [3.05, 3.63) is 29.6 Å². The van der Waals surface area contributed by atoms with Gasteiger partial charge in [-0.1, -0.05) is 27.2 Å². The first-order valence-corrected chi connectivity index (χ1v) is 7.74. The first kappa shape index (κ1) is 15.8. The zero-order chi connectivity index (χ0) is 15.6. The van der Waals surface area contributed by atoms with Gasteiger partial charge in [0.25, 0.3) is 5.91 Å². The van der Waals surface area contributed by atoms with E-state index in [0.29, 0.717) is 23.8 Å². The Labute approximate surface area is 126 Å². The van der Waals surface area contributed by atoms with Crippen molar-refractivity contribution in [1.29, 1.82) is 0 Å². The third-order valence-corrected chi connectivity index (χ3v) is 4.61. The van der Waals surface area contributed by atoms with Crippen molar-refractivity contribution in [2.45, 2.75) is 46.1 Å². The van der Waals surface area contributed by atoms with E-state index >= 15 is 0 Å². The predicted octanol–water partition coefficient (Wildman–Crippen LogP) is 3.80. The first-order valence-electron chi connectivity index (χ1n) is 7.74. The average Bonchev–Trinajstić information content (AvgIpc) is 2.40. The molecular weight excluding hydrogens is 267 g/mol. The molecule has 116 valence electrons. The Morgan fingerprint density at radius 1 is 1.38 bits per heavy atom. The van der Waals surface area contributed by atoms with Gasteiger partial charge in [0, 0.05) is 11.7 Å². The van der Waals surface area contributed by atoms with Crippen LogP contribution >= 0.6 is 0 Å². The minimum atomic E-state index is -0.728. The van der Waals surface area contributed by atoms with Gasteiger partial charge in [-0.2, -0.15) is 0 Å². The molecule has 0 radical (unpaired) electrons. The second-order valence-electron chi connectivity index (χ2n) is 6.64. The third kappa shape index (κ3) is 3.74. The van der Waals surface area contributed by atoms with Crippen LogP contribution in [-0.2, 0) is 0 Å². The van der Waals surface area contributed by atoms with Crippen molar-refractivity contribution >= 4 is 11.6 Å². The van der Waals surface area contributed by atoms with E-state index in [2.05, 4.69) is 26.1 Å². The summed E-state index contributed by atoms with van der Waals surface area (Å²) in [5.74, 6) is 0.599. The molecule has 4 heteroatoms. The summed E-state index contributed by atoms with van der Waals surface area (Å²) in [6, 6.07) is 4.87. The number of anilines is 1. The van der Waals surface area contributed by atoms with E-state index in [9.17, 15) is 9.18 Å². The highest BCUT2D eigenvalue weighted by Gasteiger charge is 2.30. The molecule has 0 saturated heterocycles. The van der Waals surface area contributed by atoms with Crippen LogP contribution in [-0.4, -0.2) is 11.9 Å². The molecule has 3 nitrogen and oxygen atoms in total. The van der Waals surface area contributed by atoms with Gasteiger partial charge in [0.1, 0.15) is 5.82 Å². The summed E-state index contributed by atoms with van der Waals surface area (Å²) >= 11 is 0. The second-order valence-corrected chi connectivity index (χ2v) is 6.64. The standard InChI is InChI=1S/C17H25FN2O/c1-10(2)13-6-4-11(3)8-16(13)20-12-5-7-15(18)14(9-12)17(19)21/h5,7,9-11,13,16,20H,4,6,8H2,1-3H3,(H2,19,21). The number of hydrogen-bond acceptors (Lipinski definition) is 2. The molecule has 1 aliphatic carbocycles. The van der Waals surface area contributed by atoms with Gasteiger partial charge in [-0.3, -0.25) is 4.79 Å². The van der Waals surface area contributed by atoms with Gasteiger partial charge in [-0.15, -0.1) is 0 Å². The van der Waals surface area contributed by atoms with E-state index < -0.39 is 11.7 Å². The van der Waals surface area contributed by atoms with Gasteiger partial charge in [0.2, 0.25) is 0 Å². The summed E-state index contributed by atoms with van der Waals surface area (Å²) < 4.78 is 13.5. The Morgan fingerprint density at radius 3 is 2.71 bits per heavy atom. The molecule has 0 aliphatic heterocycles. The van der Waals surface area contributed by atoms with Crippen LogP contribution in [0.4, 0.5) is 10.1 Å². The van der Waals surface area contributed by atoms with Crippen LogP contribution in [0.5, 0.6) is 0 Å². The van der Waals surface area contributed by atoms with Gasteiger partial charge < -0.3 is 11.1 Å². The van der Waals surface area contributed by atoms with Crippen molar-refractivity contribution in [2.75, 3.05) is 5.32 Å². The minimum absolute atomic E-state index is 0.0510. The van der Waals surface area contributed by atoms with Crippen molar-refractivity contribution in [2.24, 2.45) is 23.5 Å². The topological polar surface area (TPSA) is 55.1 Å². The van der Waals surface area contributed by atoms with Gasteiger partial charge >= 0.3 is 0 Å². The maximum atomic E-state index is 13.5. The number of nitrogens with two attached hydrogens (primary N) is 1. The molecule has 0 aromatic heterocycles. The predicted molar refractivity (Wildman–Crippen MR) is 83.7 cm³/mol. The Balaban J connectivity index is 2.18. The monoisotopic (exact) mass is 292 g/mol. The maximum Gasteiger partial charge on any atom is 0.251 e. The summed E-state index contributed by atoms with van der Waals surface area (Å²) in [7, 11) is 0. The number of primary amides is 1. The molecule has 0 spiro atoms. The van der Waals surface area contributed by atoms with Gasteiger partial charge in [-0.05, 0) is 48.8 Å². The second kappa shape index (κ2) is 6.46. The van der Waals surface area contributed by atoms with E-state index in [1.54, 1.807) is 6.07 Å². The van der Waals surface area contributed by atoms with Crippen molar-refractivity contribution in [1.82, 2.24) is 0 Å². The van der Waals surface area contributed by atoms with E-state index in [1.165, 1.54) is 25.0 Å². The van der Waals surface area contributed by atoms with Crippen LogP contribution in [0.3, 0.4) is 0 Å². The van der Waals surface area contributed by atoms with E-state index in [-0.39, 0.29) is 5.56 Å². The van der Waals surface area contributed by atoms with Gasteiger partial charge in [-0.25, -0.2) is 4.39 Å². The number of amides is 1. The zero-order valence-electron chi connectivity index (χ0n) is 13.0. The molecule has 1 aromatic carbocycles. The van der Waals surface area contributed by atoms with Crippen LogP contribution in [0.25, 0.3) is 0 Å². The summed E-state index contributed by atoms with van der Waals surface area (Å²) in [5, 5.41) is 3.49. The van der Waals surface area contributed by atoms with Crippen LogP contribution in [0.1, 0.15) is 50.4 Å². The highest BCUT2D eigenvalue weighted by atomic mass is 19.1. The lowest BCUT2D eigenvalue weighted by Gasteiger charge is -2.38. The van der Waals surface area contributed by atoms with Crippen LogP contribution in [0, 0.1) is 23.6 Å². The van der Waals surface area contributed by atoms with Crippen molar-refractivity contribution in [3.8, 4) is 0 Å². The summed E-state index contributed by atoms with van der Waals surface area (Å²) in [4.78, 5) is 11.2. The number of hydrogen-bond donors (Lipinski definition) is 2. The van der Waals surface area contributed by atoms with Crippen LogP contribution in [0.15, 0.2) is 18.2 Å². The largest absolute Gasteiger partial charge is 0.382 e. The van der Waals surface area contributed by atoms with E-state index in [1.807, 2.05) is 0 Å². The molecule has 3 unspecified atom stereocenters. The van der Waals surface area contributed by atoms with Crippen LogP contribution < -0.4 is 11.1 Å². The molecule has 1 aliphatic rings. The first-order chi connectivity index (χ1) is 9.88. The molecule has 1 fully saturated rings. The minimum Gasteiger partial charge on any atom is -0.382 e. The van der Waals surface area contributed by atoms with Gasteiger partial charge in [0.05, 0.1) is 5.56 Å². The molecule has 0 heterocycles. The fourth-order valence-electron chi connectivity index (χ4n) is 3.39. The van der Waals surface area contributed by atoms with Crippen LogP contribution in [0.2, 0.25) is 0 Å². The normalized spacial score (nSPS) is 25.9. The molecule has 1 aromatic rings. The van der Waals surface area contributed by atoms with Crippen molar-refractivity contribution in [3.63, 3.8) is 0 Å². The number of nitrogens with one attached hydrogen (secondary N) is 1. The van der Waals surface area contributed by atoms with Gasteiger partial charge in [0.15, 0.2) is 0 Å². The molecular formula is C17H25FN2O. The fourth-order valence-corrected chi connectivity index (χ4v) is 3.39. The molecule has 2 rings (SSSR count). The molecule has 3 N–H and O–H groups in total. The smallest absolute Gasteiger partial charge is 0.251 e. The Morgan fingerprint density at radius 2 is 2.10 bits per heavy atom. The fraction of sp³-hybridized carbons (Fsp3) is 0.588. The molecule has 1 amide bonds. The molecule has 1 saturated carbocycles. The number of carbonyl (C=O) groups is 1. The lowest BCUT2D eigenvalue weighted by molar-refractivity contribution is 0.0996. The highest BCUT2D eigenvalue weighted by Crippen LogP contribution is 2.35. The summed E-state index contributed by atoms with van der Waals surface area (Å²) in [6.45, 7) is 6.76. The summed E-state index contributed by atoms with van der Waals surface area (Å²) in [6.07, 6.45) is 3.57. The lowest BCUT2D eigenvalue weighted by atomic mass is 9.74. The average molecular weight is 292 g/mol. The van der Waals surface area contributed by atoms with E-state index in [0.717, 1.165) is 12.1 Å². The zero-order valence-corrected chi connectivity index (χ0v) is 13.0. The Bertz CT molecular complexity index is 516. The number of carbonyl (C=O) groups excluding carboxylic acids is 1. The SMILES string of the molecule is CC1CCC(C(C)C)C(Nc2ccc(F)c(C(N)=O)c2)C1. The summed E-state index contributed by atoms with van der Waals surface area (Å²) in [5.41, 5.74) is 5.93. The molecule has 0 bridgehead atoms. The lowest BCUT2D eigenvalue weighted by Crippen LogP contribution is -2.37. The molecule has 3 atom stereocenters. The highest BCUT2D eigenvalue weighted by molar-refractivity contribution is 5.94. The quantitative estimate of drug-likeness (QED) is 0.887. The number of benzene rings is 1. The Hall–Kier alpha value is -1.58. The molecule has 21 heavy (non-hydrogen) atoms. The Kier molecular flexibility index (Phi) is 4.86. The number of halogens is 1. The maximum absolute atomic E-state index is 13.5. The third-order valence-electron chi connectivity index (χ3n) is 4.61. The van der Waals surface area contributed by atoms with Crippen molar-refractivity contribution < 1.29 is 9.18 Å².